The van der Waals surface area contributed by atoms with Gasteiger partial charge in [0.1, 0.15) is 11.5 Å². The Labute approximate surface area is 113 Å². The molecule has 1 amide bonds. The van der Waals surface area contributed by atoms with E-state index in [1.54, 1.807) is 0 Å². The number of nitrogens with one attached hydrogen (secondary N) is 1. The Morgan fingerprint density at radius 1 is 1.20 bits per heavy atom. The molecule has 0 aliphatic heterocycles. The third-order valence-electron chi connectivity index (χ3n) is 2.60. The van der Waals surface area contributed by atoms with E-state index in [2.05, 4.69) is 5.32 Å². The van der Waals surface area contributed by atoms with Crippen LogP contribution in [0.4, 0.5) is 21.5 Å². The maximum Gasteiger partial charge on any atom is 0.293 e. The number of rotatable bonds is 4. The van der Waals surface area contributed by atoms with E-state index in [9.17, 15) is 19.3 Å². The zero-order chi connectivity index (χ0) is 14.7. The molecule has 0 atom stereocenters. The summed E-state index contributed by atoms with van der Waals surface area (Å²) in [6, 6.07) is 9.19. The van der Waals surface area contributed by atoms with Crippen molar-refractivity contribution in [1.82, 2.24) is 0 Å². The standard InChI is InChI=1S/C13H10FN3O3/c14-9-2-4-10(5-3-9)16-11-6-1-8(13(15)18)7-12(11)17(19)20/h1-7,16H,(H2,15,18). The molecule has 0 aliphatic rings. The average Bonchev–Trinajstić information content (AvgIpc) is 2.41. The number of nitrogens with zero attached hydrogens (tertiary/aromatic N) is 1. The van der Waals surface area contributed by atoms with Crippen molar-refractivity contribution in [3.05, 3.63) is 64.0 Å². The van der Waals surface area contributed by atoms with Crippen LogP contribution in [0.3, 0.4) is 0 Å². The summed E-state index contributed by atoms with van der Waals surface area (Å²) < 4.78 is 12.8. The van der Waals surface area contributed by atoms with Crippen molar-refractivity contribution in [2.75, 3.05) is 5.32 Å². The molecule has 20 heavy (non-hydrogen) atoms. The van der Waals surface area contributed by atoms with Crippen LogP contribution >= 0.6 is 0 Å². The van der Waals surface area contributed by atoms with Gasteiger partial charge in [-0.25, -0.2) is 4.39 Å². The maximum absolute atomic E-state index is 12.8. The van der Waals surface area contributed by atoms with Gasteiger partial charge >= 0.3 is 0 Å². The fourth-order valence-electron chi connectivity index (χ4n) is 1.63. The lowest BCUT2D eigenvalue weighted by Gasteiger charge is -2.07. The highest BCUT2D eigenvalue weighted by molar-refractivity contribution is 5.94. The second-order valence-corrected chi connectivity index (χ2v) is 3.99. The highest BCUT2D eigenvalue weighted by Crippen LogP contribution is 2.28. The molecule has 6 nitrogen and oxygen atoms in total. The van der Waals surface area contributed by atoms with E-state index in [1.165, 1.54) is 36.4 Å². The second-order valence-electron chi connectivity index (χ2n) is 3.99. The molecule has 2 rings (SSSR count). The van der Waals surface area contributed by atoms with Crippen molar-refractivity contribution >= 4 is 23.0 Å². The van der Waals surface area contributed by atoms with Crippen LogP contribution < -0.4 is 11.1 Å². The Hall–Kier alpha value is -2.96. The molecule has 0 saturated carbocycles. The predicted octanol–water partition coefficient (Wildman–Crippen LogP) is 2.58. The number of carbonyl (C=O) groups is 1. The molecule has 2 aromatic carbocycles. The quantitative estimate of drug-likeness (QED) is 0.661. The number of halogens is 1. The predicted molar refractivity (Wildman–Crippen MR) is 71.3 cm³/mol. The number of primary amides is 1. The maximum atomic E-state index is 12.8. The number of nitro benzene ring substituents is 1. The van der Waals surface area contributed by atoms with Crippen LogP contribution in [0.25, 0.3) is 0 Å². The minimum atomic E-state index is -0.749. The second kappa shape index (κ2) is 5.35. The summed E-state index contributed by atoms with van der Waals surface area (Å²) in [6.07, 6.45) is 0. The number of nitro groups is 1. The van der Waals surface area contributed by atoms with Crippen molar-refractivity contribution in [3.8, 4) is 0 Å². The molecule has 0 spiro atoms. The first-order valence-electron chi connectivity index (χ1n) is 5.58. The Kier molecular flexibility index (Phi) is 3.60. The minimum absolute atomic E-state index is 0.0429. The number of hydrogen-bond acceptors (Lipinski definition) is 4. The molecule has 0 aromatic heterocycles. The minimum Gasteiger partial charge on any atom is -0.366 e. The molecule has 0 heterocycles. The molecule has 102 valence electrons. The van der Waals surface area contributed by atoms with Gasteiger partial charge < -0.3 is 11.1 Å². The largest absolute Gasteiger partial charge is 0.366 e. The van der Waals surface area contributed by atoms with Crippen LogP contribution in [-0.4, -0.2) is 10.8 Å². The van der Waals surface area contributed by atoms with Crippen LogP contribution in [-0.2, 0) is 0 Å². The van der Waals surface area contributed by atoms with Crippen LogP contribution in [0.5, 0.6) is 0 Å². The van der Waals surface area contributed by atoms with Crippen LogP contribution in [0.2, 0.25) is 0 Å². The zero-order valence-electron chi connectivity index (χ0n) is 10.2. The Balaban J connectivity index is 2.38. The fourth-order valence-corrected chi connectivity index (χ4v) is 1.63. The number of benzene rings is 2. The molecular weight excluding hydrogens is 265 g/mol. The lowest BCUT2D eigenvalue weighted by Crippen LogP contribution is -2.11. The number of amides is 1. The summed E-state index contributed by atoms with van der Waals surface area (Å²) in [5.74, 6) is -1.16. The summed E-state index contributed by atoms with van der Waals surface area (Å²) in [5, 5.41) is 13.8. The van der Waals surface area contributed by atoms with Gasteiger partial charge in [-0.2, -0.15) is 0 Å². The molecule has 0 aliphatic carbocycles. The van der Waals surface area contributed by atoms with Gasteiger partial charge in [-0.1, -0.05) is 0 Å². The van der Waals surface area contributed by atoms with Gasteiger partial charge in [0.05, 0.1) is 4.92 Å². The SMILES string of the molecule is NC(=O)c1ccc(Nc2ccc(F)cc2)c([N+](=O)[O-])c1. The third kappa shape index (κ3) is 2.89. The average molecular weight is 275 g/mol. The van der Waals surface area contributed by atoms with Gasteiger partial charge in [0.2, 0.25) is 5.91 Å². The third-order valence-corrected chi connectivity index (χ3v) is 2.60. The Morgan fingerprint density at radius 3 is 2.40 bits per heavy atom. The topological polar surface area (TPSA) is 98.3 Å². The van der Waals surface area contributed by atoms with Gasteiger partial charge in [-0.05, 0) is 36.4 Å². The van der Waals surface area contributed by atoms with Crippen molar-refractivity contribution in [3.63, 3.8) is 0 Å². The first kappa shape index (κ1) is 13.5. The summed E-state index contributed by atoms with van der Waals surface area (Å²) in [6.45, 7) is 0. The van der Waals surface area contributed by atoms with E-state index in [-0.39, 0.29) is 16.9 Å². The molecule has 0 bridgehead atoms. The van der Waals surface area contributed by atoms with E-state index in [0.717, 1.165) is 6.07 Å². The number of nitrogens with two attached hydrogens (primary N) is 1. The molecule has 0 radical (unpaired) electrons. The van der Waals surface area contributed by atoms with Crippen molar-refractivity contribution < 1.29 is 14.1 Å². The van der Waals surface area contributed by atoms with Gasteiger partial charge in [-0.3, -0.25) is 14.9 Å². The molecule has 0 fully saturated rings. The van der Waals surface area contributed by atoms with Gasteiger partial charge in [0, 0.05) is 17.3 Å². The lowest BCUT2D eigenvalue weighted by molar-refractivity contribution is -0.383. The van der Waals surface area contributed by atoms with Crippen molar-refractivity contribution in [1.29, 1.82) is 0 Å². The molecule has 3 N–H and O–H groups in total. The Morgan fingerprint density at radius 2 is 1.85 bits per heavy atom. The summed E-state index contributed by atoms with van der Waals surface area (Å²) in [5.41, 5.74) is 5.51. The summed E-state index contributed by atoms with van der Waals surface area (Å²) in [4.78, 5) is 21.4. The van der Waals surface area contributed by atoms with Crippen LogP contribution in [0.15, 0.2) is 42.5 Å². The van der Waals surface area contributed by atoms with Crippen molar-refractivity contribution in [2.24, 2.45) is 5.73 Å². The smallest absolute Gasteiger partial charge is 0.293 e. The lowest BCUT2D eigenvalue weighted by atomic mass is 10.1. The van der Waals surface area contributed by atoms with Crippen molar-refractivity contribution in [2.45, 2.75) is 0 Å². The van der Waals surface area contributed by atoms with Gasteiger partial charge in [0.15, 0.2) is 0 Å². The number of carbonyl (C=O) groups excluding carboxylic acids is 1. The highest BCUT2D eigenvalue weighted by atomic mass is 19.1. The first-order chi connectivity index (χ1) is 9.47. The zero-order valence-corrected chi connectivity index (χ0v) is 10.2. The van der Waals surface area contributed by atoms with Crippen LogP contribution in [0, 0.1) is 15.9 Å². The summed E-state index contributed by atoms with van der Waals surface area (Å²) >= 11 is 0. The van der Waals surface area contributed by atoms with Gasteiger partial charge in [-0.15, -0.1) is 0 Å². The van der Waals surface area contributed by atoms with E-state index in [1.807, 2.05) is 0 Å². The van der Waals surface area contributed by atoms with Crippen LogP contribution in [0.1, 0.15) is 10.4 Å². The first-order valence-corrected chi connectivity index (χ1v) is 5.58. The molecule has 0 unspecified atom stereocenters. The monoisotopic (exact) mass is 275 g/mol. The molecule has 0 saturated heterocycles. The highest BCUT2D eigenvalue weighted by Gasteiger charge is 2.16. The number of hydrogen-bond donors (Lipinski definition) is 2. The fraction of sp³-hybridized carbons (Fsp3) is 0. The van der Waals surface area contributed by atoms with Gasteiger partial charge in [0.25, 0.3) is 5.69 Å². The van der Waals surface area contributed by atoms with E-state index >= 15 is 0 Å². The molecule has 2 aromatic rings. The summed E-state index contributed by atoms with van der Waals surface area (Å²) in [7, 11) is 0. The Bertz CT molecular complexity index is 671. The normalized spacial score (nSPS) is 10.1. The van der Waals surface area contributed by atoms with E-state index in [4.69, 9.17) is 5.73 Å². The molecule has 7 heteroatoms. The molecular formula is C13H10FN3O3. The van der Waals surface area contributed by atoms with E-state index < -0.39 is 16.6 Å². The van der Waals surface area contributed by atoms with E-state index in [0.29, 0.717) is 5.69 Å². The number of anilines is 2.